The number of anilines is 1. The highest BCUT2D eigenvalue weighted by Gasteiger charge is 2.32. The van der Waals surface area contributed by atoms with E-state index in [1.54, 1.807) is 55.5 Å². The van der Waals surface area contributed by atoms with Crippen LogP contribution in [-0.2, 0) is 4.79 Å². The molecule has 3 N–H and O–H groups in total. The van der Waals surface area contributed by atoms with Crippen LogP contribution in [0, 0.1) is 0 Å². The van der Waals surface area contributed by atoms with Crippen molar-refractivity contribution in [2.75, 3.05) is 5.32 Å². The fraction of sp³-hybridized carbons (Fsp3) is 0.111. The van der Waals surface area contributed by atoms with Crippen LogP contribution in [0.25, 0.3) is 0 Å². The normalized spacial score (nSPS) is 16.9. The van der Waals surface area contributed by atoms with Gasteiger partial charge < -0.3 is 16.0 Å². The predicted octanol–water partition coefficient (Wildman–Crippen LogP) is 4.26. The second-order valence-corrected chi connectivity index (χ2v) is 6.34. The van der Waals surface area contributed by atoms with E-state index in [9.17, 15) is 9.59 Å². The maximum atomic E-state index is 12.9. The topological polar surface area (TPSA) is 70.2 Å². The molecule has 5 nitrogen and oxygen atoms in total. The Hall–Kier alpha value is -2.50. The molecule has 0 saturated carbocycles. The first-order chi connectivity index (χ1) is 12.0. The Morgan fingerprint density at radius 2 is 1.68 bits per heavy atom. The summed E-state index contributed by atoms with van der Waals surface area (Å²) in [5.41, 5.74) is 1.96. The molecule has 1 aliphatic heterocycles. The largest absolute Gasteiger partial charge is 0.327 e. The van der Waals surface area contributed by atoms with E-state index in [2.05, 4.69) is 16.0 Å². The molecular weight excluding hydrogens is 361 g/mol. The van der Waals surface area contributed by atoms with E-state index < -0.39 is 12.1 Å². The van der Waals surface area contributed by atoms with Gasteiger partial charge in [0, 0.05) is 10.7 Å². The lowest BCUT2D eigenvalue weighted by molar-refractivity contribution is -0.113. The van der Waals surface area contributed by atoms with E-state index in [-0.39, 0.29) is 5.91 Å². The van der Waals surface area contributed by atoms with Gasteiger partial charge in [-0.05, 0) is 30.7 Å². The van der Waals surface area contributed by atoms with E-state index >= 15 is 0 Å². The van der Waals surface area contributed by atoms with Gasteiger partial charge in [-0.1, -0.05) is 53.5 Å². The van der Waals surface area contributed by atoms with E-state index in [1.807, 2.05) is 0 Å². The van der Waals surface area contributed by atoms with Gasteiger partial charge in [0.05, 0.1) is 22.3 Å². The number of halogens is 2. The van der Waals surface area contributed by atoms with Gasteiger partial charge in [0.2, 0.25) is 0 Å². The molecular formula is C18H15Cl2N3O2. The molecule has 3 rings (SSSR count). The fourth-order valence-corrected chi connectivity index (χ4v) is 3.12. The first-order valence-electron chi connectivity index (χ1n) is 7.56. The summed E-state index contributed by atoms with van der Waals surface area (Å²) < 4.78 is 0. The average Bonchev–Trinajstić information content (AvgIpc) is 2.56. The van der Waals surface area contributed by atoms with Gasteiger partial charge in [-0.3, -0.25) is 4.79 Å². The van der Waals surface area contributed by atoms with Crippen molar-refractivity contribution < 1.29 is 9.59 Å². The molecule has 0 aliphatic carbocycles. The lowest BCUT2D eigenvalue weighted by Gasteiger charge is -2.29. The van der Waals surface area contributed by atoms with Crippen LogP contribution < -0.4 is 16.0 Å². The standard InChI is InChI=1S/C18H15Cl2N3O2/c1-10-15(17(24)22-14-9-5-4-8-13(14)20)16(23-18(25)21-10)11-6-2-3-7-12(11)19/h2-9,16H,1H3,(H,22,24)(H2,21,23,25)/t16-/m0/s1. The van der Waals surface area contributed by atoms with E-state index in [0.717, 1.165) is 0 Å². The van der Waals surface area contributed by atoms with Crippen LogP contribution in [0.1, 0.15) is 18.5 Å². The summed E-state index contributed by atoms with van der Waals surface area (Å²) in [5, 5.41) is 9.04. The molecule has 128 valence electrons. The van der Waals surface area contributed by atoms with Gasteiger partial charge in [0.1, 0.15) is 0 Å². The summed E-state index contributed by atoms with van der Waals surface area (Å²) in [6, 6.07) is 13.0. The maximum absolute atomic E-state index is 12.9. The van der Waals surface area contributed by atoms with Crippen LogP contribution in [0.15, 0.2) is 59.8 Å². The van der Waals surface area contributed by atoms with Crippen LogP contribution in [0.2, 0.25) is 10.0 Å². The molecule has 1 heterocycles. The van der Waals surface area contributed by atoms with Gasteiger partial charge in [0.25, 0.3) is 5.91 Å². The average molecular weight is 376 g/mol. The molecule has 2 aromatic rings. The molecule has 2 aromatic carbocycles. The Labute approximate surface area is 155 Å². The number of hydrogen-bond acceptors (Lipinski definition) is 2. The SMILES string of the molecule is CC1=C(C(=O)Nc2ccccc2Cl)[C@H](c2ccccc2Cl)NC(=O)N1. The van der Waals surface area contributed by atoms with Gasteiger partial charge in [-0.15, -0.1) is 0 Å². The smallest absolute Gasteiger partial charge is 0.319 e. The zero-order valence-corrected chi connectivity index (χ0v) is 14.8. The molecule has 0 bridgehead atoms. The second-order valence-electron chi connectivity index (χ2n) is 5.53. The van der Waals surface area contributed by atoms with E-state index in [0.29, 0.717) is 32.6 Å². The molecule has 0 saturated heterocycles. The lowest BCUT2D eigenvalue weighted by atomic mass is 9.94. The number of amides is 3. The van der Waals surface area contributed by atoms with Crippen LogP contribution in [0.3, 0.4) is 0 Å². The summed E-state index contributed by atoms with van der Waals surface area (Å²) in [4.78, 5) is 24.8. The van der Waals surface area contributed by atoms with Gasteiger partial charge in [-0.25, -0.2) is 4.79 Å². The van der Waals surface area contributed by atoms with E-state index in [4.69, 9.17) is 23.2 Å². The number of nitrogens with one attached hydrogen (secondary N) is 3. The summed E-state index contributed by atoms with van der Waals surface area (Å²) in [6.07, 6.45) is 0. The maximum Gasteiger partial charge on any atom is 0.319 e. The molecule has 1 atom stereocenters. The third-order valence-electron chi connectivity index (χ3n) is 3.85. The minimum absolute atomic E-state index is 0.368. The molecule has 0 fully saturated rings. The van der Waals surface area contributed by atoms with Crippen molar-refractivity contribution in [3.63, 3.8) is 0 Å². The Morgan fingerprint density at radius 1 is 1.04 bits per heavy atom. The highest BCUT2D eigenvalue weighted by atomic mass is 35.5. The Morgan fingerprint density at radius 3 is 2.36 bits per heavy atom. The summed E-state index contributed by atoms with van der Waals surface area (Å²) >= 11 is 12.4. The van der Waals surface area contributed by atoms with Gasteiger partial charge in [-0.2, -0.15) is 0 Å². The van der Waals surface area contributed by atoms with Crippen LogP contribution in [0.4, 0.5) is 10.5 Å². The monoisotopic (exact) mass is 375 g/mol. The first-order valence-corrected chi connectivity index (χ1v) is 8.31. The highest BCUT2D eigenvalue weighted by Crippen LogP contribution is 2.32. The summed E-state index contributed by atoms with van der Waals surface area (Å²) in [7, 11) is 0. The molecule has 1 aliphatic rings. The van der Waals surface area contributed by atoms with Crippen molar-refractivity contribution in [3.8, 4) is 0 Å². The van der Waals surface area contributed by atoms with Crippen LogP contribution in [-0.4, -0.2) is 11.9 Å². The molecule has 0 aromatic heterocycles. The van der Waals surface area contributed by atoms with Crippen LogP contribution in [0.5, 0.6) is 0 Å². The Bertz CT molecular complexity index is 880. The quantitative estimate of drug-likeness (QED) is 0.749. The lowest BCUT2D eigenvalue weighted by Crippen LogP contribution is -2.46. The summed E-state index contributed by atoms with van der Waals surface area (Å²) in [6.45, 7) is 1.67. The van der Waals surface area contributed by atoms with Crippen molar-refractivity contribution >= 4 is 40.8 Å². The number of hydrogen-bond donors (Lipinski definition) is 3. The zero-order valence-electron chi connectivity index (χ0n) is 13.3. The van der Waals surface area contributed by atoms with E-state index in [1.165, 1.54) is 0 Å². The minimum Gasteiger partial charge on any atom is -0.327 e. The molecule has 7 heteroatoms. The minimum atomic E-state index is -0.662. The predicted molar refractivity (Wildman–Crippen MR) is 98.6 cm³/mol. The van der Waals surface area contributed by atoms with Crippen molar-refractivity contribution in [2.45, 2.75) is 13.0 Å². The third kappa shape index (κ3) is 3.62. The number of carbonyl (C=O) groups excluding carboxylic acids is 2. The second kappa shape index (κ2) is 7.17. The fourth-order valence-electron chi connectivity index (χ4n) is 2.69. The van der Waals surface area contributed by atoms with Crippen molar-refractivity contribution in [1.82, 2.24) is 10.6 Å². The molecule has 25 heavy (non-hydrogen) atoms. The zero-order chi connectivity index (χ0) is 18.0. The summed E-state index contributed by atoms with van der Waals surface area (Å²) in [5.74, 6) is -0.372. The van der Waals surface area contributed by atoms with Gasteiger partial charge >= 0.3 is 6.03 Å². The van der Waals surface area contributed by atoms with Gasteiger partial charge in [0.15, 0.2) is 0 Å². The number of allylic oxidation sites excluding steroid dienone is 1. The number of benzene rings is 2. The third-order valence-corrected chi connectivity index (χ3v) is 4.53. The number of rotatable bonds is 3. The Balaban J connectivity index is 1.99. The number of para-hydroxylation sites is 1. The van der Waals surface area contributed by atoms with Crippen molar-refractivity contribution in [3.05, 3.63) is 75.4 Å². The molecule has 0 spiro atoms. The first kappa shape index (κ1) is 17.3. The molecule has 3 amide bonds. The molecule has 0 unspecified atom stereocenters. The highest BCUT2D eigenvalue weighted by molar-refractivity contribution is 6.34. The van der Waals surface area contributed by atoms with Crippen LogP contribution >= 0.6 is 23.2 Å². The Kier molecular flexibility index (Phi) is 4.97. The van der Waals surface area contributed by atoms with Crippen molar-refractivity contribution in [1.29, 1.82) is 0 Å². The van der Waals surface area contributed by atoms with Crippen molar-refractivity contribution in [2.24, 2.45) is 0 Å². The number of urea groups is 1. The number of carbonyl (C=O) groups is 2. The molecule has 0 radical (unpaired) electrons.